The number of benzene rings is 1. The van der Waals surface area contributed by atoms with E-state index in [4.69, 9.17) is 9.47 Å². The molecule has 0 unspecified atom stereocenters. The predicted octanol–water partition coefficient (Wildman–Crippen LogP) is 1.91. The zero-order valence-corrected chi connectivity index (χ0v) is 17.2. The highest BCUT2D eigenvalue weighted by molar-refractivity contribution is 6.08. The Balaban J connectivity index is 1.29. The molecule has 4 amide bonds. The van der Waals surface area contributed by atoms with Crippen LogP contribution in [0.5, 0.6) is 11.5 Å². The number of rotatable bonds is 7. The molecule has 2 heterocycles. The molecule has 4 rings (SSSR count). The molecule has 0 bridgehead atoms. The van der Waals surface area contributed by atoms with Crippen molar-refractivity contribution in [2.75, 3.05) is 19.9 Å². The third-order valence-electron chi connectivity index (χ3n) is 6.05. The Labute approximate surface area is 175 Å². The van der Waals surface area contributed by atoms with Crippen molar-refractivity contribution in [3.8, 4) is 11.5 Å². The quantitative estimate of drug-likeness (QED) is 0.659. The van der Waals surface area contributed by atoms with E-state index < -0.39 is 11.6 Å². The number of imide groups is 1. The van der Waals surface area contributed by atoms with Crippen molar-refractivity contribution in [2.24, 2.45) is 0 Å². The molecule has 0 radical (unpaired) electrons. The molecular weight excluding hydrogens is 388 g/mol. The molecule has 1 aliphatic carbocycles. The minimum Gasteiger partial charge on any atom is -0.454 e. The molecule has 2 aliphatic heterocycles. The smallest absolute Gasteiger partial charge is 0.344 e. The Bertz CT molecular complexity index is 837. The molecule has 9 nitrogen and oxygen atoms in total. The second-order valence-corrected chi connectivity index (χ2v) is 8.05. The standard InChI is InChI=1S/C21H28N4O5/c1-2-24(13-15-6-7-16-17(12-15)30-14-29-16)11-8-18(26)23-25-19(27)21(22-20(25)28)9-4-3-5-10-21/h6-7,12H,2-5,8-11,13-14H2,1H3,(H,22,28)(H,23,26). The number of amides is 4. The minimum atomic E-state index is -0.836. The largest absolute Gasteiger partial charge is 0.454 e. The van der Waals surface area contributed by atoms with Crippen molar-refractivity contribution >= 4 is 17.8 Å². The summed E-state index contributed by atoms with van der Waals surface area (Å²) >= 11 is 0. The van der Waals surface area contributed by atoms with Crippen molar-refractivity contribution in [3.63, 3.8) is 0 Å². The molecule has 30 heavy (non-hydrogen) atoms. The first kappa shape index (κ1) is 20.5. The molecule has 2 N–H and O–H groups in total. The topological polar surface area (TPSA) is 100 Å². The fourth-order valence-corrected chi connectivity index (χ4v) is 4.30. The maximum absolute atomic E-state index is 12.8. The molecule has 1 aromatic rings. The Kier molecular flexibility index (Phi) is 5.80. The van der Waals surface area contributed by atoms with E-state index in [-0.39, 0.29) is 25.0 Å². The number of fused-ring (bicyclic) bond motifs is 1. The van der Waals surface area contributed by atoms with Gasteiger partial charge < -0.3 is 14.8 Å². The Morgan fingerprint density at radius 1 is 1.20 bits per heavy atom. The summed E-state index contributed by atoms with van der Waals surface area (Å²) in [4.78, 5) is 39.6. The summed E-state index contributed by atoms with van der Waals surface area (Å²) in [5.74, 6) is 0.783. The van der Waals surface area contributed by atoms with Gasteiger partial charge in [-0.2, -0.15) is 5.01 Å². The molecule has 3 aliphatic rings. The summed E-state index contributed by atoms with van der Waals surface area (Å²) in [5, 5.41) is 3.66. The van der Waals surface area contributed by atoms with Gasteiger partial charge in [-0.25, -0.2) is 4.79 Å². The van der Waals surface area contributed by atoms with Crippen LogP contribution in [0.3, 0.4) is 0 Å². The number of hydrogen-bond donors (Lipinski definition) is 2. The van der Waals surface area contributed by atoms with Gasteiger partial charge in [0.05, 0.1) is 0 Å². The number of hydrazine groups is 1. The second-order valence-electron chi connectivity index (χ2n) is 8.05. The third kappa shape index (κ3) is 4.07. The second kappa shape index (κ2) is 8.51. The van der Waals surface area contributed by atoms with Crippen molar-refractivity contribution in [2.45, 2.75) is 57.5 Å². The monoisotopic (exact) mass is 416 g/mol. The number of nitrogens with zero attached hydrogens (tertiary/aromatic N) is 2. The van der Waals surface area contributed by atoms with Gasteiger partial charge in [-0.3, -0.25) is 19.9 Å². The van der Waals surface area contributed by atoms with Crippen LogP contribution in [0.15, 0.2) is 18.2 Å². The molecule has 0 atom stereocenters. The highest BCUT2D eigenvalue weighted by atomic mass is 16.7. The number of carbonyl (C=O) groups is 3. The zero-order chi connectivity index (χ0) is 21.1. The van der Waals surface area contributed by atoms with Crippen LogP contribution in [0.2, 0.25) is 0 Å². The van der Waals surface area contributed by atoms with Crippen molar-refractivity contribution < 1.29 is 23.9 Å². The van der Waals surface area contributed by atoms with E-state index in [0.29, 0.717) is 25.9 Å². The van der Waals surface area contributed by atoms with Crippen molar-refractivity contribution in [1.82, 2.24) is 20.7 Å². The molecular formula is C21H28N4O5. The van der Waals surface area contributed by atoms with Crippen LogP contribution in [0, 0.1) is 0 Å². The molecule has 2 fully saturated rings. The lowest BCUT2D eigenvalue weighted by molar-refractivity contribution is -0.140. The maximum Gasteiger partial charge on any atom is 0.344 e. The molecule has 1 saturated heterocycles. The van der Waals surface area contributed by atoms with Gasteiger partial charge >= 0.3 is 6.03 Å². The zero-order valence-electron chi connectivity index (χ0n) is 17.2. The van der Waals surface area contributed by atoms with Gasteiger partial charge in [0.1, 0.15) is 5.54 Å². The minimum absolute atomic E-state index is 0.183. The molecule has 0 aromatic heterocycles. The molecule has 1 aromatic carbocycles. The summed E-state index contributed by atoms with van der Waals surface area (Å²) in [6.45, 7) is 4.18. The van der Waals surface area contributed by atoms with E-state index in [2.05, 4.69) is 15.6 Å². The summed E-state index contributed by atoms with van der Waals surface area (Å²) in [5.41, 5.74) is 2.73. The van der Waals surface area contributed by atoms with Crippen molar-refractivity contribution in [1.29, 1.82) is 0 Å². The maximum atomic E-state index is 12.8. The lowest BCUT2D eigenvalue weighted by Crippen LogP contribution is -2.51. The van der Waals surface area contributed by atoms with Gasteiger partial charge in [-0.05, 0) is 37.1 Å². The van der Waals surface area contributed by atoms with Gasteiger partial charge in [-0.1, -0.05) is 32.3 Å². The van der Waals surface area contributed by atoms with E-state index >= 15 is 0 Å². The van der Waals surface area contributed by atoms with Crippen molar-refractivity contribution in [3.05, 3.63) is 23.8 Å². The van der Waals surface area contributed by atoms with Gasteiger partial charge in [0.2, 0.25) is 12.7 Å². The van der Waals surface area contributed by atoms with Crippen LogP contribution >= 0.6 is 0 Å². The van der Waals surface area contributed by atoms with Crippen LogP contribution in [-0.2, 0) is 16.1 Å². The fourth-order valence-electron chi connectivity index (χ4n) is 4.30. The van der Waals surface area contributed by atoms with E-state index in [1.165, 1.54) is 0 Å². The van der Waals surface area contributed by atoms with Gasteiger partial charge in [0.15, 0.2) is 11.5 Å². The molecule has 9 heteroatoms. The lowest BCUT2D eigenvalue weighted by atomic mass is 9.82. The molecule has 162 valence electrons. The lowest BCUT2D eigenvalue weighted by Gasteiger charge is -2.30. The SMILES string of the molecule is CCN(CCC(=O)NN1C(=O)NC2(CCCCC2)C1=O)Cc1ccc2c(c1)OCO2. The van der Waals surface area contributed by atoms with Crippen LogP contribution in [0.4, 0.5) is 4.79 Å². The highest BCUT2D eigenvalue weighted by Crippen LogP contribution is 2.34. The van der Waals surface area contributed by atoms with Gasteiger partial charge in [0, 0.05) is 19.5 Å². The third-order valence-corrected chi connectivity index (χ3v) is 6.05. The first-order valence-corrected chi connectivity index (χ1v) is 10.6. The van der Waals surface area contributed by atoms with Gasteiger partial charge in [-0.15, -0.1) is 0 Å². The number of hydrogen-bond acceptors (Lipinski definition) is 6. The van der Waals surface area contributed by atoms with E-state index in [0.717, 1.165) is 47.9 Å². The summed E-state index contributed by atoms with van der Waals surface area (Å²) in [6.07, 6.45) is 4.31. The average Bonchev–Trinajstić information content (AvgIpc) is 3.30. The van der Waals surface area contributed by atoms with E-state index in [9.17, 15) is 14.4 Å². The normalized spacial score (nSPS) is 19.5. The Morgan fingerprint density at radius 3 is 2.73 bits per heavy atom. The number of ether oxygens (including phenoxy) is 2. The summed E-state index contributed by atoms with van der Waals surface area (Å²) in [7, 11) is 0. The number of urea groups is 1. The highest BCUT2D eigenvalue weighted by Gasteiger charge is 2.52. The first-order chi connectivity index (χ1) is 14.5. The van der Waals surface area contributed by atoms with Crippen LogP contribution in [-0.4, -0.2) is 53.2 Å². The average molecular weight is 416 g/mol. The predicted molar refractivity (Wildman–Crippen MR) is 107 cm³/mol. The Morgan fingerprint density at radius 2 is 1.97 bits per heavy atom. The van der Waals surface area contributed by atoms with Crippen LogP contribution in [0.25, 0.3) is 0 Å². The van der Waals surface area contributed by atoms with Crippen LogP contribution < -0.4 is 20.2 Å². The number of carbonyl (C=O) groups excluding carboxylic acids is 3. The number of nitrogens with one attached hydrogen (secondary N) is 2. The molecule has 1 saturated carbocycles. The van der Waals surface area contributed by atoms with Gasteiger partial charge in [0.25, 0.3) is 5.91 Å². The van der Waals surface area contributed by atoms with E-state index in [1.807, 2.05) is 25.1 Å². The molecule has 1 spiro atoms. The fraction of sp³-hybridized carbons (Fsp3) is 0.571. The summed E-state index contributed by atoms with van der Waals surface area (Å²) in [6, 6.07) is 5.27. The first-order valence-electron chi connectivity index (χ1n) is 10.6. The Hall–Kier alpha value is -2.81. The van der Waals surface area contributed by atoms with Crippen LogP contribution in [0.1, 0.15) is 51.0 Å². The summed E-state index contributed by atoms with van der Waals surface area (Å²) < 4.78 is 10.7. The van der Waals surface area contributed by atoms with E-state index in [1.54, 1.807) is 0 Å².